The predicted molar refractivity (Wildman–Crippen MR) is 114 cm³/mol. The summed E-state index contributed by atoms with van der Waals surface area (Å²) in [5.41, 5.74) is 2.93. The first-order valence-corrected chi connectivity index (χ1v) is 11.3. The predicted octanol–water partition coefficient (Wildman–Crippen LogP) is 4.27. The van der Waals surface area contributed by atoms with Crippen LogP contribution in [-0.4, -0.2) is 59.8 Å². The third-order valence-electron chi connectivity index (χ3n) is 6.83. The van der Waals surface area contributed by atoms with E-state index in [0.717, 1.165) is 24.9 Å². The molecule has 0 aromatic heterocycles. The van der Waals surface area contributed by atoms with E-state index in [4.69, 9.17) is 0 Å². The van der Waals surface area contributed by atoms with Crippen LogP contribution in [-0.2, 0) is 6.42 Å². The van der Waals surface area contributed by atoms with E-state index >= 15 is 0 Å². The molecular formula is C24H40N2O. The molecule has 0 spiro atoms. The second-order valence-corrected chi connectivity index (χ2v) is 9.03. The van der Waals surface area contributed by atoms with Crippen LogP contribution in [0.5, 0.6) is 0 Å². The van der Waals surface area contributed by atoms with Gasteiger partial charge in [0, 0.05) is 25.7 Å². The van der Waals surface area contributed by atoms with Crippen LogP contribution in [0.3, 0.4) is 0 Å². The van der Waals surface area contributed by atoms with Gasteiger partial charge in [-0.1, -0.05) is 37.1 Å². The summed E-state index contributed by atoms with van der Waals surface area (Å²) in [6, 6.07) is 9.59. The highest BCUT2D eigenvalue weighted by Gasteiger charge is 2.27. The van der Waals surface area contributed by atoms with Crippen molar-refractivity contribution in [3.63, 3.8) is 0 Å². The number of aliphatic hydroxyl groups is 1. The number of hydrogen-bond acceptors (Lipinski definition) is 3. The highest BCUT2D eigenvalue weighted by atomic mass is 16.3. The molecule has 3 rings (SSSR count). The van der Waals surface area contributed by atoms with Gasteiger partial charge in [0.25, 0.3) is 0 Å². The van der Waals surface area contributed by atoms with E-state index < -0.39 is 0 Å². The van der Waals surface area contributed by atoms with Crippen LogP contribution in [0.25, 0.3) is 0 Å². The van der Waals surface area contributed by atoms with Crippen LogP contribution in [0, 0.1) is 12.8 Å². The van der Waals surface area contributed by atoms with Crippen LogP contribution < -0.4 is 0 Å². The number of nitrogens with zero attached hydrogens (tertiary/aromatic N) is 2. The van der Waals surface area contributed by atoms with Gasteiger partial charge in [-0.05, 0) is 82.5 Å². The summed E-state index contributed by atoms with van der Waals surface area (Å²) in [6.45, 7) is 10.2. The average Bonchev–Trinajstić information content (AvgIpc) is 3.20. The summed E-state index contributed by atoms with van der Waals surface area (Å²) >= 11 is 0. The van der Waals surface area contributed by atoms with E-state index in [-0.39, 0.29) is 6.10 Å². The van der Waals surface area contributed by atoms with E-state index in [2.05, 4.69) is 41.0 Å². The minimum absolute atomic E-state index is 0.169. The molecule has 152 valence electrons. The highest BCUT2D eigenvalue weighted by molar-refractivity contribution is 5.25. The Morgan fingerprint density at radius 1 is 1.11 bits per heavy atom. The second-order valence-electron chi connectivity index (χ2n) is 9.03. The van der Waals surface area contributed by atoms with Gasteiger partial charge in [0.05, 0.1) is 6.10 Å². The van der Waals surface area contributed by atoms with Gasteiger partial charge in [0.15, 0.2) is 0 Å². The zero-order chi connectivity index (χ0) is 19.1. The molecule has 1 N–H and O–H groups in total. The Balaban J connectivity index is 1.42. The molecule has 1 atom stereocenters. The normalized spacial score (nSPS) is 21.2. The number of piperidine rings is 1. The van der Waals surface area contributed by atoms with E-state index in [1.165, 1.54) is 82.3 Å². The Hall–Kier alpha value is -0.900. The molecule has 1 heterocycles. The third-order valence-corrected chi connectivity index (χ3v) is 6.83. The maximum atomic E-state index is 9.72. The molecule has 1 unspecified atom stereocenters. The number of hydrogen-bond donors (Lipinski definition) is 1. The molecule has 3 nitrogen and oxygen atoms in total. The molecule has 1 saturated carbocycles. The fourth-order valence-electron chi connectivity index (χ4n) is 4.94. The lowest BCUT2D eigenvalue weighted by atomic mass is 9.94. The average molecular weight is 373 g/mol. The molecule has 3 heteroatoms. The van der Waals surface area contributed by atoms with Crippen molar-refractivity contribution < 1.29 is 5.11 Å². The smallest absolute Gasteiger partial charge is 0.0524 e. The molecule has 0 radical (unpaired) electrons. The van der Waals surface area contributed by atoms with Gasteiger partial charge >= 0.3 is 0 Å². The molecule has 1 saturated heterocycles. The van der Waals surface area contributed by atoms with Crippen LogP contribution in [0.2, 0.25) is 0 Å². The maximum absolute atomic E-state index is 9.72. The van der Waals surface area contributed by atoms with Crippen LogP contribution >= 0.6 is 0 Å². The maximum Gasteiger partial charge on any atom is 0.0524 e. The number of rotatable bonds is 9. The highest BCUT2D eigenvalue weighted by Crippen LogP contribution is 2.27. The fraction of sp³-hybridized carbons (Fsp3) is 0.750. The first kappa shape index (κ1) is 20.8. The zero-order valence-corrected chi connectivity index (χ0v) is 17.6. The van der Waals surface area contributed by atoms with Crippen LogP contribution in [0.4, 0.5) is 0 Å². The summed E-state index contributed by atoms with van der Waals surface area (Å²) in [5, 5.41) is 9.72. The molecule has 1 aliphatic heterocycles. The Morgan fingerprint density at radius 3 is 2.48 bits per heavy atom. The number of likely N-dealkylation sites (tertiary alicyclic amines) is 1. The molecule has 2 aliphatic rings. The molecule has 0 amide bonds. The number of aliphatic hydroxyl groups excluding tert-OH is 1. The Labute approximate surface area is 166 Å². The van der Waals surface area contributed by atoms with Crippen molar-refractivity contribution in [2.75, 3.05) is 32.7 Å². The Bertz CT molecular complexity index is 545. The van der Waals surface area contributed by atoms with Crippen molar-refractivity contribution in [1.29, 1.82) is 0 Å². The van der Waals surface area contributed by atoms with Gasteiger partial charge in [0.2, 0.25) is 0 Å². The Morgan fingerprint density at radius 2 is 1.81 bits per heavy atom. The van der Waals surface area contributed by atoms with E-state index in [9.17, 15) is 5.11 Å². The van der Waals surface area contributed by atoms with E-state index in [1.807, 2.05) is 6.92 Å². The molecule has 0 bridgehead atoms. The van der Waals surface area contributed by atoms with Gasteiger partial charge in [0.1, 0.15) is 0 Å². The van der Waals surface area contributed by atoms with Crippen LogP contribution in [0.15, 0.2) is 24.3 Å². The van der Waals surface area contributed by atoms with Crippen molar-refractivity contribution in [3.8, 4) is 0 Å². The van der Waals surface area contributed by atoms with Crippen molar-refractivity contribution >= 4 is 0 Å². The van der Waals surface area contributed by atoms with Crippen LogP contribution in [0.1, 0.15) is 63.0 Å². The minimum Gasteiger partial charge on any atom is -0.393 e. The third kappa shape index (κ3) is 6.58. The first-order chi connectivity index (χ1) is 13.1. The molecule has 2 fully saturated rings. The van der Waals surface area contributed by atoms with Crippen molar-refractivity contribution in [1.82, 2.24) is 9.80 Å². The van der Waals surface area contributed by atoms with E-state index in [1.54, 1.807) is 0 Å². The standard InChI is InChI=1S/C24H40N2O/c1-20-7-3-4-8-23(20)14-17-25-15-12-22(13-16-25)19-26(18-11-21(2)27)24-9-5-6-10-24/h3-4,7-8,21-22,24,27H,5-6,9-19H2,1-2H3. The minimum atomic E-state index is -0.169. The summed E-state index contributed by atoms with van der Waals surface area (Å²) in [4.78, 5) is 5.39. The summed E-state index contributed by atoms with van der Waals surface area (Å²) < 4.78 is 0. The lowest BCUT2D eigenvalue weighted by Gasteiger charge is -2.37. The Kier molecular flexibility index (Phi) is 8.17. The summed E-state index contributed by atoms with van der Waals surface area (Å²) in [6.07, 6.45) is 10.1. The monoisotopic (exact) mass is 372 g/mol. The van der Waals surface area contributed by atoms with Gasteiger partial charge in [-0.15, -0.1) is 0 Å². The first-order valence-electron chi connectivity index (χ1n) is 11.3. The molecular weight excluding hydrogens is 332 g/mol. The lowest BCUT2D eigenvalue weighted by molar-refractivity contribution is 0.0980. The lowest BCUT2D eigenvalue weighted by Crippen LogP contribution is -2.43. The molecule has 1 aliphatic carbocycles. The largest absolute Gasteiger partial charge is 0.393 e. The van der Waals surface area contributed by atoms with Crippen molar-refractivity contribution in [2.24, 2.45) is 5.92 Å². The van der Waals surface area contributed by atoms with Crippen molar-refractivity contribution in [2.45, 2.75) is 77.4 Å². The second kappa shape index (κ2) is 10.6. The van der Waals surface area contributed by atoms with Gasteiger partial charge in [-0.2, -0.15) is 0 Å². The quantitative estimate of drug-likeness (QED) is 0.701. The number of aryl methyl sites for hydroxylation is 1. The zero-order valence-electron chi connectivity index (χ0n) is 17.6. The topological polar surface area (TPSA) is 26.7 Å². The molecule has 27 heavy (non-hydrogen) atoms. The fourth-order valence-corrected chi connectivity index (χ4v) is 4.94. The van der Waals surface area contributed by atoms with Gasteiger partial charge in [-0.3, -0.25) is 0 Å². The van der Waals surface area contributed by atoms with Gasteiger partial charge < -0.3 is 14.9 Å². The molecule has 1 aromatic carbocycles. The summed E-state index contributed by atoms with van der Waals surface area (Å²) in [5.74, 6) is 0.842. The number of benzene rings is 1. The van der Waals surface area contributed by atoms with Crippen molar-refractivity contribution in [3.05, 3.63) is 35.4 Å². The SMILES string of the molecule is Cc1ccccc1CCN1CCC(CN(CCC(C)O)C2CCCC2)CC1. The molecule has 1 aromatic rings. The summed E-state index contributed by atoms with van der Waals surface area (Å²) in [7, 11) is 0. The van der Waals surface area contributed by atoms with E-state index in [0.29, 0.717) is 0 Å². The van der Waals surface area contributed by atoms with Gasteiger partial charge in [-0.25, -0.2) is 0 Å².